The molecule has 122 valence electrons. The third-order valence-corrected chi connectivity index (χ3v) is 4.79. The van der Waals surface area contributed by atoms with Gasteiger partial charge in [0.25, 0.3) is 5.91 Å². The Kier molecular flexibility index (Phi) is 4.82. The van der Waals surface area contributed by atoms with E-state index in [1.54, 1.807) is 31.2 Å². The number of carbonyl (C=O) groups excluding carboxylic acids is 1. The van der Waals surface area contributed by atoms with Crippen molar-refractivity contribution in [1.29, 1.82) is 5.26 Å². The quantitative estimate of drug-likeness (QED) is 0.857. The van der Waals surface area contributed by atoms with Gasteiger partial charge in [0.2, 0.25) is 0 Å². The average Bonchev–Trinajstić information content (AvgIpc) is 2.61. The standard InChI is InChI=1S/C18H23N3O2/c1-14(23-17-7-5-15(12-19)6-8-17)18(22)21-11-10-20-9-3-2-4-16(20)13-21/h5-8,14,16H,2-4,9-11,13H2,1H3. The molecule has 2 unspecified atom stereocenters. The number of piperidine rings is 1. The van der Waals surface area contributed by atoms with E-state index in [1.165, 1.54) is 25.8 Å². The van der Waals surface area contributed by atoms with Crippen molar-refractivity contribution in [2.24, 2.45) is 0 Å². The lowest BCUT2D eigenvalue weighted by atomic mass is 9.99. The second-order valence-electron chi connectivity index (χ2n) is 6.37. The predicted octanol–water partition coefficient (Wildman–Crippen LogP) is 2.02. The van der Waals surface area contributed by atoms with E-state index in [-0.39, 0.29) is 5.91 Å². The minimum Gasteiger partial charge on any atom is -0.481 e. The van der Waals surface area contributed by atoms with Crippen LogP contribution in [0.5, 0.6) is 5.75 Å². The maximum absolute atomic E-state index is 12.6. The Hall–Kier alpha value is -2.06. The van der Waals surface area contributed by atoms with E-state index in [0.29, 0.717) is 17.4 Å². The van der Waals surface area contributed by atoms with Gasteiger partial charge in [0.1, 0.15) is 5.75 Å². The summed E-state index contributed by atoms with van der Waals surface area (Å²) in [7, 11) is 0. The number of amides is 1. The number of hydrogen-bond acceptors (Lipinski definition) is 4. The highest BCUT2D eigenvalue weighted by Crippen LogP contribution is 2.22. The van der Waals surface area contributed by atoms with Crippen molar-refractivity contribution in [3.8, 4) is 11.8 Å². The molecule has 0 spiro atoms. The van der Waals surface area contributed by atoms with Gasteiger partial charge in [0.15, 0.2) is 6.10 Å². The summed E-state index contributed by atoms with van der Waals surface area (Å²) in [6, 6.07) is 9.47. The molecule has 0 aliphatic carbocycles. The minimum absolute atomic E-state index is 0.0552. The molecule has 2 atom stereocenters. The Morgan fingerprint density at radius 1 is 1.26 bits per heavy atom. The topological polar surface area (TPSA) is 56.6 Å². The van der Waals surface area contributed by atoms with Gasteiger partial charge in [-0.2, -0.15) is 5.26 Å². The van der Waals surface area contributed by atoms with Crippen LogP contribution in [0.15, 0.2) is 24.3 Å². The number of carbonyl (C=O) groups is 1. The maximum atomic E-state index is 12.6. The number of hydrogen-bond donors (Lipinski definition) is 0. The lowest BCUT2D eigenvalue weighted by molar-refractivity contribution is -0.141. The van der Waals surface area contributed by atoms with Crippen molar-refractivity contribution in [3.05, 3.63) is 29.8 Å². The Balaban J connectivity index is 1.57. The molecular formula is C18H23N3O2. The first-order valence-corrected chi connectivity index (χ1v) is 8.37. The van der Waals surface area contributed by atoms with Crippen LogP contribution < -0.4 is 4.74 Å². The van der Waals surface area contributed by atoms with Crippen LogP contribution in [-0.4, -0.2) is 54.0 Å². The summed E-state index contributed by atoms with van der Waals surface area (Å²) in [6.45, 7) is 5.55. The number of rotatable bonds is 3. The largest absolute Gasteiger partial charge is 0.481 e. The molecule has 2 saturated heterocycles. The molecule has 1 aromatic rings. The number of fused-ring (bicyclic) bond motifs is 1. The number of piperazine rings is 1. The summed E-state index contributed by atoms with van der Waals surface area (Å²) in [6.07, 6.45) is 3.23. The van der Waals surface area contributed by atoms with Crippen LogP contribution in [0.3, 0.4) is 0 Å². The fourth-order valence-corrected chi connectivity index (χ4v) is 3.48. The van der Waals surface area contributed by atoms with Crippen molar-refractivity contribution in [2.75, 3.05) is 26.2 Å². The monoisotopic (exact) mass is 313 g/mol. The van der Waals surface area contributed by atoms with E-state index in [2.05, 4.69) is 11.0 Å². The Morgan fingerprint density at radius 2 is 2.04 bits per heavy atom. The first-order valence-electron chi connectivity index (χ1n) is 8.37. The molecule has 0 saturated carbocycles. The molecular weight excluding hydrogens is 290 g/mol. The van der Waals surface area contributed by atoms with Crippen LogP contribution in [0.4, 0.5) is 0 Å². The van der Waals surface area contributed by atoms with Crippen LogP contribution in [0.1, 0.15) is 31.7 Å². The molecule has 3 rings (SSSR count). The van der Waals surface area contributed by atoms with Crippen LogP contribution in [0.2, 0.25) is 0 Å². The van der Waals surface area contributed by atoms with Gasteiger partial charge in [-0.15, -0.1) is 0 Å². The van der Waals surface area contributed by atoms with Crippen molar-refractivity contribution in [1.82, 2.24) is 9.80 Å². The van der Waals surface area contributed by atoms with Gasteiger partial charge >= 0.3 is 0 Å². The molecule has 0 radical (unpaired) electrons. The Morgan fingerprint density at radius 3 is 2.78 bits per heavy atom. The first-order chi connectivity index (χ1) is 11.2. The molecule has 5 nitrogen and oxygen atoms in total. The van der Waals surface area contributed by atoms with E-state index in [1.807, 2.05) is 4.90 Å². The minimum atomic E-state index is -0.502. The molecule has 2 heterocycles. The first kappa shape index (κ1) is 15.8. The SMILES string of the molecule is CC(Oc1ccc(C#N)cc1)C(=O)N1CCN2CCCCC2C1. The van der Waals surface area contributed by atoms with Crippen LogP contribution >= 0.6 is 0 Å². The maximum Gasteiger partial charge on any atom is 0.263 e. The van der Waals surface area contributed by atoms with Gasteiger partial charge in [0, 0.05) is 25.7 Å². The zero-order chi connectivity index (χ0) is 16.2. The summed E-state index contributed by atoms with van der Waals surface area (Å²) < 4.78 is 5.75. The van der Waals surface area contributed by atoms with E-state index in [0.717, 1.165) is 19.6 Å². The number of nitriles is 1. The second kappa shape index (κ2) is 7.01. The van der Waals surface area contributed by atoms with Crippen LogP contribution in [-0.2, 0) is 4.79 Å². The second-order valence-corrected chi connectivity index (χ2v) is 6.37. The van der Waals surface area contributed by atoms with Crippen molar-refractivity contribution in [2.45, 2.75) is 38.3 Å². The predicted molar refractivity (Wildman–Crippen MR) is 87.0 cm³/mol. The average molecular weight is 313 g/mol. The molecule has 2 aliphatic heterocycles. The van der Waals surface area contributed by atoms with Crippen LogP contribution in [0.25, 0.3) is 0 Å². The van der Waals surface area contributed by atoms with Gasteiger partial charge in [-0.05, 0) is 50.6 Å². The zero-order valence-corrected chi connectivity index (χ0v) is 13.6. The fourth-order valence-electron chi connectivity index (χ4n) is 3.48. The molecule has 1 amide bonds. The molecule has 1 aromatic carbocycles. The van der Waals surface area contributed by atoms with Gasteiger partial charge in [0.05, 0.1) is 11.6 Å². The van der Waals surface area contributed by atoms with Crippen molar-refractivity contribution in [3.63, 3.8) is 0 Å². The Labute approximate surface area is 137 Å². The zero-order valence-electron chi connectivity index (χ0n) is 13.6. The summed E-state index contributed by atoms with van der Waals surface area (Å²) in [5, 5.41) is 8.81. The van der Waals surface area contributed by atoms with Gasteiger partial charge in [-0.1, -0.05) is 6.42 Å². The number of benzene rings is 1. The molecule has 0 bridgehead atoms. The molecule has 2 fully saturated rings. The third-order valence-electron chi connectivity index (χ3n) is 4.79. The lowest BCUT2D eigenvalue weighted by Gasteiger charge is -2.44. The van der Waals surface area contributed by atoms with Gasteiger partial charge in [-0.25, -0.2) is 0 Å². The molecule has 0 aromatic heterocycles. The molecule has 23 heavy (non-hydrogen) atoms. The van der Waals surface area contributed by atoms with Crippen molar-refractivity contribution >= 4 is 5.91 Å². The molecule has 0 N–H and O–H groups in total. The third kappa shape index (κ3) is 3.65. The van der Waals surface area contributed by atoms with E-state index < -0.39 is 6.10 Å². The van der Waals surface area contributed by atoms with Gasteiger partial charge < -0.3 is 9.64 Å². The highest BCUT2D eigenvalue weighted by Gasteiger charge is 2.33. The number of ether oxygens (including phenoxy) is 1. The van der Waals surface area contributed by atoms with E-state index in [4.69, 9.17) is 10.00 Å². The van der Waals surface area contributed by atoms with E-state index >= 15 is 0 Å². The van der Waals surface area contributed by atoms with Crippen LogP contribution in [0, 0.1) is 11.3 Å². The number of nitrogens with zero attached hydrogens (tertiary/aromatic N) is 3. The smallest absolute Gasteiger partial charge is 0.263 e. The van der Waals surface area contributed by atoms with Gasteiger partial charge in [-0.3, -0.25) is 9.69 Å². The van der Waals surface area contributed by atoms with Crippen molar-refractivity contribution < 1.29 is 9.53 Å². The highest BCUT2D eigenvalue weighted by molar-refractivity contribution is 5.81. The fraction of sp³-hybridized carbons (Fsp3) is 0.556. The summed E-state index contributed by atoms with van der Waals surface area (Å²) in [4.78, 5) is 17.1. The van der Waals surface area contributed by atoms with E-state index in [9.17, 15) is 4.79 Å². The summed E-state index contributed by atoms with van der Waals surface area (Å²) >= 11 is 0. The highest BCUT2D eigenvalue weighted by atomic mass is 16.5. The summed E-state index contributed by atoms with van der Waals surface area (Å²) in [5.74, 6) is 0.681. The molecule has 5 heteroatoms. The Bertz CT molecular complexity index is 593. The lowest BCUT2D eigenvalue weighted by Crippen LogP contribution is -2.57. The summed E-state index contributed by atoms with van der Waals surface area (Å²) in [5.41, 5.74) is 0.588. The molecule has 2 aliphatic rings. The normalized spacial score (nSPS) is 22.8.